The molecule has 0 unspecified atom stereocenters. The van der Waals surface area contributed by atoms with Crippen LogP contribution in [0.4, 0.5) is 4.70 Å². The van der Waals surface area contributed by atoms with Crippen LogP contribution in [0.5, 0.6) is 0 Å². The number of unbranched alkanes of at least 4 members (excludes halogenated alkanes) is 1. The van der Waals surface area contributed by atoms with Gasteiger partial charge in [-0.3, -0.25) is 4.70 Å². The van der Waals surface area contributed by atoms with Gasteiger partial charge in [0.05, 0.1) is 0 Å². The third kappa shape index (κ3) is 13.2. The van der Waals surface area contributed by atoms with E-state index in [9.17, 15) is 0 Å². The van der Waals surface area contributed by atoms with Crippen LogP contribution in [0.3, 0.4) is 0 Å². The Bertz CT molecular complexity index is 69.1. The van der Waals surface area contributed by atoms with Crippen LogP contribution in [0, 0.1) is 0 Å². The molecule has 0 radical (unpaired) electrons. The summed E-state index contributed by atoms with van der Waals surface area (Å²) in [4.78, 5) is 0. The van der Waals surface area contributed by atoms with E-state index < -0.39 is 0 Å². The fraction of sp³-hybridized carbons (Fsp3) is 1.00. The van der Waals surface area contributed by atoms with E-state index in [4.69, 9.17) is 4.74 Å². The Hall–Kier alpha value is 0.107. The average Bonchev–Trinajstić information content (AvgIpc) is 1.87. The Kier molecular flexibility index (Phi) is 12.6. The SMILES string of the molecule is CCOCCCC[SiH](C)C.F. The summed E-state index contributed by atoms with van der Waals surface area (Å²) in [7, 11) is -0.278. The van der Waals surface area contributed by atoms with Gasteiger partial charge in [0.2, 0.25) is 0 Å². The van der Waals surface area contributed by atoms with Crippen molar-refractivity contribution in [1.29, 1.82) is 0 Å². The van der Waals surface area contributed by atoms with Gasteiger partial charge < -0.3 is 4.74 Å². The number of rotatable bonds is 6. The maximum Gasteiger partial charge on any atom is 0.0465 e. The van der Waals surface area contributed by atoms with Gasteiger partial charge in [-0.1, -0.05) is 25.6 Å². The first-order valence-corrected chi connectivity index (χ1v) is 7.47. The predicted molar refractivity (Wildman–Crippen MR) is 51.9 cm³/mol. The number of hydrogen-bond acceptors (Lipinski definition) is 1. The first kappa shape index (κ1) is 13.7. The number of hydrogen-bond donors (Lipinski definition) is 0. The molecule has 0 aromatic rings. The normalized spacial score (nSPS) is 9.82. The summed E-state index contributed by atoms with van der Waals surface area (Å²) in [6, 6.07) is 1.48. The van der Waals surface area contributed by atoms with Gasteiger partial charge in [0, 0.05) is 22.0 Å². The van der Waals surface area contributed by atoms with Gasteiger partial charge in [0.1, 0.15) is 0 Å². The quantitative estimate of drug-likeness (QED) is 0.450. The molecule has 0 aromatic carbocycles. The van der Waals surface area contributed by atoms with Crippen LogP contribution in [0.25, 0.3) is 0 Å². The van der Waals surface area contributed by atoms with E-state index in [1.54, 1.807) is 0 Å². The maximum atomic E-state index is 5.23. The third-order valence-corrected chi connectivity index (χ3v) is 3.09. The van der Waals surface area contributed by atoms with Gasteiger partial charge >= 0.3 is 0 Å². The van der Waals surface area contributed by atoms with Gasteiger partial charge in [-0.15, -0.1) is 0 Å². The molecule has 11 heavy (non-hydrogen) atoms. The van der Waals surface area contributed by atoms with Crippen LogP contribution in [-0.2, 0) is 4.74 Å². The lowest BCUT2D eigenvalue weighted by Crippen LogP contribution is -2.00. The lowest BCUT2D eigenvalue weighted by Gasteiger charge is -2.02. The smallest absolute Gasteiger partial charge is 0.0465 e. The van der Waals surface area contributed by atoms with Crippen molar-refractivity contribution in [3.05, 3.63) is 0 Å². The zero-order valence-electron chi connectivity index (χ0n) is 7.93. The van der Waals surface area contributed by atoms with Crippen molar-refractivity contribution in [1.82, 2.24) is 0 Å². The molecule has 0 atom stereocenters. The van der Waals surface area contributed by atoms with E-state index in [2.05, 4.69) is 20.0 Å². The van der Waals surface area contributed by atoms with Crippen LogP contribution in [0.1, 0.15) is 19.8 Å². The molecule has 0 aliphatic rings. The monoisotopic (exact) mass is 180 g/mol. The molecule has 3 heteroatoms. The molecule has 0 heterocycles. The molecule has 0 rings (SSSR count). The Balaban J connectivity index is 0. The Morgan fingerprint density at radius 3 is 2.27 bits per heavy atom. The van der Waals surface area contributed by atoms with E-state index >= 15 is 0 Å². The van der Waals surface area contributed by atoms with Crippen LogP contribution < -0.4 is 0 Å². The molecule has 0 spiro atoms. The van der Waals surface area contributed by atoms with Gasteiger partial charge in [-0.2, -0.15) is 0 Å². The fourth-order valence-electron chi connectivity index (χ4n) is 0.901. The van der Waals surface area contributed by atoms with Crippen molar-refractivity contribution < 1.29 is 9.44 Å². The van der Waals surface area contributed by atoms with Gasteiger partial charge in [0.15, 0.2) is 0 Å². The number of halogens is 1. The van der Waals surface area contributed by atoms with Gasteiger partial charge in [-0.25, -0.2) is 0 Å². The second-order valence-electron chi connectivity index (χ2n) is 3.09. The lowest BCUT2D eigenvalue weighted by atomic mass is 10.4. The third-order valence-electron chi connectivity index (χ3n) is 1.52. The standard InChI is InChI=1S/C8H20OSi.FH/c1-4-9-7-5-6-8-10(2)3;/h10H,4-8H2,1-3H3;1H. The highest BCUT2D eigenvalue weighted by atomic mass is 28.3. The summed E-state index contributed by atoms with van der Waals surface area (Å²) >= 11 is 0. The molecule has 1 nitrogen and oxygen atoms in total. The summed E-state index contributed by atoms with van der Waals surface area (Å²) in [6.45, 7) is 8.70. The molecule has 0 bridgehead atoms. The predicted octanol–water partition coefficient (Wildman–Crippen LogP) is 2.44. The topological polar surface area (TPSA) is 9.23 Å². The van der Waals surface area contributed by atoms with E-state index in [1.165, 1.54) is 18.9 Å². The number of ether oxygens (including phenoxy) is 1. The Morgan fingerprint density at radius 1 is 1.18 bits per heavy atom. The summed E-state index contributed by atoms with van der Waals surface area (Å²) < 4.78 is 5.23. The largest absolute Gasteiger partial charge is 0.382 e. The summed E-state index contributed by atoms with van der Waals surface area (Å²) in [6.07, 6.45) is 2.64. The molecule has 0 N–H and O–H groups in total. The van der Waals surface area contributed by atoms with Crippen LogP contribution in [0.15, 0.2) is 0 Å². The zero-order valence-corrected chi connectivity index (χ0v) is 9.08. The second-order valence-corrected chi connectivity index (χ2v) is 6.45. The van der Waals surface area contributed by atoms with Crippen molar-refractivity contribution in [3.8, 4) is 0 Å². The summed E-state index contributed by atoms with van der Waals surface area (Å²) in [5, 5.41) is 0. The second kappa shape index (κ2) is 10.1. The molecule has 0 saturated heterocycles. The zero-order chi connectivity index (χ0) is 7.82. The molecule has 0 fully saturated rings. The van der Waals surface area contributed by atoms with E-state index in [0.29, 0.717) is 0 Å². The van der Waals surface area contributed by atoms with Crippen LogP contribution in [-0.4, -0.2) is 22.0 Å². The molecular weight excluding hydrogens is 159 g/mol. The fourth-order valence-corrected chi connectivity index (χ4v) is 2.01. The molecule has 0 aromatic heterocycles. The van der Waals surface area contributed by atoms with E-state index in [0.717, 1.165) is 13.2 Å². The molecule has 0 amide bonds. The Morgan fingerprint density at radius 2 is 1.82 bits per heavy atom. The van der Waals surface area contributed by atoms with Gasteiger partial charge in [-0.05, 0) is 13.3 Å². The Labute approximate surface area is 71.1 Å². The molecular formula is C8H21FOSi. The highest BCUT2D eigenvalue weighted by Crippen LogP contribution is 2.00. The van der Waals surface area contributed by atoms with Crippen molar-refractivity contribution >= 4 is 8.80 Å². The minimum Gasteiger partial charge on any atom is -0.382 e. The van der Waals surface area contributed by atoms with Crippen molar-refractivity contribution in [2.45, 2.75) is 38.9 Å². The highest BCUT2D eigenvalue weighted by molar-refractivity contribution is 6.55. The first-order valence-electron chi connectivity index (χ1n) is 4.35. The van der Waals surface area contributed by atoms with Crippen molar-refractivity contribution in [2.24, 2.45) is 0 Å². The van der Waals surface area contributed by atoms with E-state index in [-0.39, 0.29) is 13.5 Å². The van der Waals surface area contributed by atoms with Crippen molar-refractivity contribution in [2.75, 3.05) is 13.2 Å². The molecule has 0 saturated carbocycles. The first-order chi connectivity index (χ1) is 4.77. The average molecular weight is 180 g/mol. The molecule has 70 valence electrons. The minimum atomic E-state index is -0.278. The van der Waals surface area contributed by atoms with Crippen molar-refractivity contribution in [3.63, 3.8) is 0 Å². The minimum absolute atomic E-state index is 0. The van der Waals surface area contributed by atoms with Crippen LogP contribution in [0.2, 0.25) is 19.1 Å². The maximum absolute atomic E-state index is 5.23. The highest BCUT2D eigenvalue weighted by Gasteiger charge is 1.94. The molecule has 0 aliphatic carbocycles. The van der Waals surface area contributed by atoms with Gasteiger partial charge in [0.25, 0.3) is 0 Å². The van der Waals surface area contributed by atoms with Crippen LogP contribution >= 0.6 is 0 Å². The summed E-state index contributed by atoms with van der Waals surface area (Å²) in [5.74, 6) is 0. The lowest BCUT2D eigenvalue weighted by molar-refractivity contribution is 0.144. The van der Waals surface area contributed by atoms with E-state index in [1.807, 2.05) is 0 Å². The molecule has 0 aliphatic heterocycles. The summed E-state index contributed by atoms with van der Waals surface area (Å²) in [5.41, 5.74) is 0.